The van der Waals surface area contributed by atoms with Gasteiger partial charge in [0.2, 0.25) is 0 Å². The van der Waals surface area contributed by atoms with Crippen molar-refractivity contribution in [3.63, 3.8) is 0 Å². The zero-order valence-corrected chi connectivity index (χ0v) is 15.2. The van der Waals surface area contributed by atoms with Crippen molar-refractivity contribution in [3.8, 4) is 5.75 Å². The molecule has 0 radical (unpaired) electrons. The fourth-order valence-corrected chi connectivity index (χ4v) is 2.12. The van der Waals surface area contributed by atoms with Crippen LogP contribution in [0.4, 0.5) is 0 Å². The number of aryl methyl sites for hydroxylation is 1. The van der Waals surface area contributed by atoms with Crippen LogP contribution < -0.4 is 4.74 Å². The normalized spacial score (nSPS) is 11.9. The van der Waals surface area contributed by atoms with Crippen LogP contribution in [0.15, 0.2) is 24.3 Å². The number of ether oxygens (including phenoxy) is 2. The Labute approximate surface area is 144 Å². The number of carbonyl (C=O) groups excluding carboxylic acids is 2. The lowest BCUT2D eigenvalue weighted by Gasteiger charge is -2.26. The first-order valence-corrected chi connectivity index (χ1v) is 8.03. The molecule has 6 nitrogen and oxygen atoms in total. The quantitative estimate of drug-likeness (QED) is 0.641. The van der Waals surface area contributed by atoms with Crippen LogP contribution in [0.25, 0.3) is 0 Å². The highest BCUT2D eigenvalue weighted by Crippen LogP contribution is 2.12. The second kappa shape index (κ2) is 9.93. The third kappa shape index (κ3) is 7.00. The van der Waals surface area contributed by atoms with Crippen molar-refractivity contribution < 1.29 is 19.1 Å². The van der Waals surface area contributed by atoms with Gasteiger partial charge in [0, 0.05) is 19.6 Å². The Morgan fingerprint density at radius 3 is 2.29 bits per heavy atom. The van der Waals surface area contributed by atoms with Gasteiger partial charge in [-0.15, -0.1) is 0 Å². The molecule has 0 aromatic heterocycles. The van der Waals surface area contributed by atoms with E-state index in [1.54, 1.807) is 11.8 Å². The number of methoxy groups -OCH3 is 1. The molecule has 1 rings (SSSR count). The molecule has 1 aromatic rings. The predicted octanol–water partition coefficient (Wildman–Crippen LogP) is 1.57. The molecular weight excluding hydrogens is 308 g/mol. The minimum atomic E-state index is -0.375. The number of hydrogen-bond acceptors (Lipinski definition) is 5. The molecule has 0 aliphatic rings. The second-order valence-electron chi connectivity index (χ2n) is 6.17. The molecule has 0 N–H and O–H groups in total. The van der Waals surface area contributed by atoms with Crippen LogP contribution in [0.5, 0.6) is 5.75 Å². The second-order valence-corrected chi connectivity index (χ2v) is 6.17. The van der Waals surface area contributed by atoms with Crippen LogP contribution in [-0.4, -0.2) is 69.1 Å². The lowest BCUT2D eigenvalue weighted by Crippen LogP contribution is -2.43. The average molecular weight is 336 g/mol. The third-order valence-corrected chi connectivity index (χ3v) is 3.65. The first-order chi connectivity index (χ1) is 11.3. The third-order valence-electron chi connectivity index (χ3n) is 3.65. The van der Waals surface area contributed by atoms with Crippen LogP contribution in [0.2, 0.25) is 0 Å². The Morgan fingerprint density at radius 2 is 1.75 bits per heavy atom. The van der Waals surface area contributed by atoms with Gasteiger partial charge in [-0.05, 0) is 33.2 Å². The molecule has 24 heavy (non-hydrogen) atoms. The van der Waals surface area contributed by atoms with Crippen LogP contribution in [0.3, 0.4) is 0 Å². The fraction of sp³-hybridized carbons (Fsp3) is 0.556. The van der Waals surface area contributed by atoms with Gasteiger partial charge in [0.05, 0.1) is 13.0 Å². The van der Waals surface area contributed by atoms with Crippen LogP contribution in [0.1, 0.15) is 12.5 Å². The van der Waals surface area contributed by atoms with E-state index in [-0.39, 0.29) is 24.4 Å². The van der Waals surface area contributed by atoms with Crippen molar-refractivity contribution in [1.29, 1.82) is 0 Å². The molecule has 6 heteroatoms. The summed E-state index contributed by atoms with van der Waals surface area (Å²) < 4.78 is 10.3. The average Bonchev–Trinajstić information content (AvgIpc) is 2.56. The van der Waals surface area contributed by atoms with Crippen molar-refractivity contribution in [2.24, 2.45) is 5.92 Å². The van der Waals surface area contributed by atoms with Gasteiger partial charge in [0.25, 0.3) is 5.91 Å². The monoisotopic (exact) mass is 336 g/mol. The maximum absolute atomic E-state index is 12.5. The minimum Gasteiger partial charge on any atom is -0.484 e. The highest BCUT2D eigenvalue weighted by atomic mass is 16.5. The van der Waals surface area contributed by atoms with Crippen molar-refractivity contribution in [2.75, 3.05) is 47.4 Å². The molecular formula is C18H28N2O4. The van der Waals surface area contributed by atoms with Crippen molar-refractivity contribution in [3.05, 3.63) is 29.8 Å². The molecule has 1 unspecified atom stereocenters. The number of likely N-dealkylation sites (N-methyl/N-ethyl adjacent to an activating group) is 1. The topological polar surface area (TPSA) is 59.1 Å². The summed E-state index contributed by atoms with van der Waals surface area (Å²) in [6.45, 7) is 5.25. The molecule has 1 aromatic carbocycles. The molecule has 0 saturated heterocycles. The molecule has 1 atom stereocenters. The maximum Gasteiger partial charge on any atom is 0.310 e. The molecule has 0 aliphatic heterocycles. The number of esters is 1. The summed E-state index contributed by atoms with van der Waals surface area (Å²) in [5.74, 6) is -0.187. The summed E-state index contributed by atoms with van der Waals surface area (Å²) in [7, 11) is 5.23. The van der Waals surface area contributed by atoms with E-state index in [1.807, 2.05) is 50.2 Å². The number of amides is 1. The summed E-state index contributed by atoms with van der Waals surface area (Å²) in [4.78, 5) is 27.7. The van der Waals surface area contributed by atoms with Crippen LogP contribution in [-0.2, 0) is 14.3 Å². The van der Waals surface area contributed by atoms with E-state index in [9.17, 15) is 9.59 Å². The van der Waals surface area contributed by atoms with Gasteiger partial charge < -0.3 is 19.3 Å². The Morgan fingerprint density at radius 1 is 1.12 bits per heavy atom. The summed E-state index contributed by atoms with van der Waals surface area (Å²) in [5, 5.41) is 0. The Bertz CT molecular complexity index is 528. The number of hydrogen-bond donors (Lipinski definition) is 0. The van der Waals surface area contributed by atoms with Gasteiger partial charge in [-0.25, -0.2) is 0 Å². The first kappa shape index (κ1) is 20.0. The van der Waals surface area contributed by atoms with Gasteiger partial charge in [-0.2, -0.15) is 0 Å². The van der Waals surface area contributed by atoms with Gasteiger partial charge >= 0.3 is 5.97 Å². The van der Waals surface area contributed by atoms with E-state index in [0.29, 0.717) is 25.4 Å². The lowest BCUT2D eigenvalue weighted by atomic mass is 10.1. The Balaban J connectivity index is 2.64. The summed E-state index contributed by atoms with van der Waals surface area (Å²) in [5.41, 5.74) is 1.13. The molecule has 0 aliphatic carbocycles. The molecule has 0 heterocycles. The SMILES string of the molecule is COC(=O)C(C)CN(CCN(C)C)C(=O)COc1ccc(C)cc1. The minimum absolute atomic E-state index is 0.0512. The number of rotatable bonds is 9. The van der Waals surface area contributed by atoms with E-state index >= 15 is 0 Å². The molecule has 0 bridgehead atoms. The van der Waals surface area contributed by atoms with E-state index in [1.165, 1.54) is 7.11 Å². The van der Waals surface area contributed by atoms with Gasteiger partial charge in [-0.1, -0.05) is 24.6 Å². The maximum atomic E-state index is 12.5. The largest absolute Gasteiger partial charge is 0.484 e. The van der Waals surface area contributed by atoms with Gasteiger partial charge in [0.1, 0.15) is 5.75 Å². The molecule has 1 amide bonds. The van der Waals surface area contributed by atoms with E-state index in [0.717, 1.165) is 5.56 Å². The van der Waals surface area contributed by atoms with Crippen LogP contribution >= 0.6 is 0 Å². The first-order valence-electron chi connectivity index (χ1n) is 8.03. The van der Waals surface area contributed by atoms with Crippen LogP contribution in [0, 0.1) is 12.8 Å². The molecule has 0 fully saturated rings. The van der Waals surface area contributed by atoms with E-state index in [2.05, 4.69) is 0 Å². The molecule has 0 saturated carbocycles. The summed E-state index contributed by atoms with van der Waals surface area (Å²) in [6.07, 6.45) is 0. The Hall–Kier alpha value is -2.08. The van der Waals surface area contributed by atoms with Gasteiger partial charge in [0.15, 0.2) is 6.61 Å². The van der Waals surface area contributed by atoms with Crippen molar-refractivity contribution in [2.45, 2.75) is 13.8 Å². The molecule has 0 spiro atoms. The highest BCUT2D eigenvalue weighted by Gasteiger charge is 2.21. The van der Waals surface area contributed by atoms with Crippen molar-refractivity contribution in [1.82, 2.24) is 9.80 Å². The number of nitrogens with zero attached hydrogens (tertiary/aromatic N) is 2. The lowest BCUT2D eigenvalue weighted by molar-refractivity contribution is -0.146. The van der Waals surface area contributed by atoms with E-state index < -0.39 is 0 Å². The van der Waals surface area contributed by atoms with Gasteiger partial charge in [-0.3, -0.25) is 9.59 Å². The number of benzene rings is 1. The van der Waals surface area contributed by atoms with E-state index in [4.69, 9.17) is 9.47 Å². The Kier molecular flexibility index (Phi) is 8.26. The highest BCUT2D eigenvalue weighted by molar-refractivity contribution is 5.79. The zero-order chi connectivity index (χ0) is 18.1. The standard InChI is InChI=1S/C18H28N2O4/c1-14-6-8-16(9-7-14)24-13-17(21)20(11-10-19(3)4)12-15(2)18(22)23-5/h6-9,15H,10-13H2,1-5H3. The smallest absolute Gasteiger partial charge is 0.310 e. The number of carbonyl (C=O) groups is 2. The zero-order valence-electron chi connectivity index (χ0n) is 15.2. The van der Waals surface area contributed by atoms with Crippen molar-refractivity contribution >= 4 is 11.9 Å². The fourth-order valence-electron chi connectivity index (χ4n) is 2.12. The predicted molar refractivity (Wildman–Crippen MR) is 93.0 cm³/mol. The summed E-state index contributed by atoms with van der Waals surface area (Å²) in [6, 6.07) is 7.54. The summed E-state index contributed by atoms with van der Waals surface area (Å²) >= 11 is 0. The molecule has 134 valence electrons.